The smallest absolute Gasteiger partial charge is 0.240 e. The standard InChI is InChI=1S/C22H24ClN3O2/c23-16-10-12-18(13-11-16)28-15-21-25-19-8-4-5-9-20(19)26(21)14-22(27)24-17-6-2-1-3-7-17/h4-5,8-13,17H,1-3,6-7,14-15H2,(H,24,27). The quantitative estimate of drug-likeness (QED) is 0.654. The summed E-state index contributed by atoms with van der Waals surface area (Å²) in [6.07, 6.45) is 5.80. The molecule has 0 bridgehead atoms. The number of benzene rings is 2. The number of ether oxygens (including phenoxy) is 1. The van der Waals surface area contributed by atoms with Gasteiger partial charge in [-0.3, -0.25) is 4.79 Å². The first-order chi connectivity index (χ1) is 13.7. The van der Waals surface area contributed by atoms with Gasteiger partial charge >= 0.3 is 0 Å². The van der Waals surface area contributed by atoms with Crippen LogP contribution in [0, 0.1) is 0 Å². The second-order valence-corrected chi connectivity index (χ2v) is 7.68. The third-order valence-electron chi connectivity index (χ3n) is 5.19. The Balaban J connectivity index is 1.51. The van der Waals surface area contributed by atoms with Crippen molar-refractivity contribution >= 4 is 28.5 Å². The minimum absolute atomic E-state index is 0.0304. The van der Waals surface area contributed by atoms with Gasteiger partial charge in [0, 0.05) is 11.1 Å². The van der Waals surface area contributed by atoms with Crippen LogP contribution in [-0.2, 0) is 17.9 Å². The van der Waals surface area contributed by atoms with Gasteiger partial charge in [0.25, 0.3) is 0 Å². The van der Waals surface area contributed by atoms with Crippen molar-refractivity contribution in [3.8, 4) is 5.75 Å². The Bertz CT molecular complexity index is 946. The number of imidazole rings is 1. The molecule has 6 heteroatoms. The van der Waals surface area contributed by atoms with Crippen molar-refractivity contribution in [2.24, 2.45) is 0 Å². The van der Waals surface area contributed by atoms with Crippen molar-refractivity contribution < 1.29 is 9.53 Å². The third-order valence-corrected chi connectivity index (χ3v) is 5.44. The van der Waals surface area contributed by atoms with Crippen molar-refractivity contribution in [3.05, 3.63) is 59.4 Å². The Morgan fingerprint density at radius 1 is 1.11 bits per heavy atom. The summed E-state index contributed by atoms with van der Waals surface area (Å²) in [5.74, 6) is 1.48. The molecular weight excluding hydrogens is 374 g/mol. The molecule has 0 aliphatic heterocycles. The van der Waals surface area contributed by atoms with Crippen LogP contribution in [0.15, 0.2) is 48.5 Å². The van der Waals surface area contributed by atoms with Crippen LogP contribution in [0.4, 0.5) is 0 Å². The van der Waals surface area contributed by atoms with E-state index >= 15 is 0 Å². The monoisotopic (exact) mass is 397 g/mol. The first-order valence-electron chi connectivity index (χ1n) is 9.81. The average molecular weight is 398 g/mol. The van der Waals surface area contributed by atoms with Gasteiger partial charge in [0.15, 0.2) is 0 Å². The second-order valence-electron chi connectivity index (χ2n) is 7.25. The van der Waals surface area contributed by atoms with E-state index < -0.39 is 0 Å². The Labute approximate surface area is 169 Å². The topological polar surface area (TPSA) is 56.2 Å². The number of halogens is 1. The fraction of sp³-hybridized carbons (Fsp3) is 0.364. The molecule has 1 fully saturated rings. The largest absolute Gasteiger partial charge is 0.486 e. The number of amides is 1. The molecule has 1 aliphatic carbocycles. The molecule has 1 amide bonds. The first kappa shape index (κ1) is 18.8. The summed E-state index contributed by atoms with van der Waals surface area (Å²) in [5.41, 5.74) is 1.80. The number of fused-ring (bicyclic) bond motifs is 1. The van der Waals surface area contributed by atoms with Gasteiger partial charge in [-0.25, -0.2) is 4.98 Å². The molecule has 1 N–H and O–H groups in total. The van der Waals surface area contributed by atoms with Gasteiger partial charge < -0.3 is 14.6 Å². The maximum atomic E-state index is 12.7. The molecule has 3 aromatic rings. The number of carbonyl (C=O) groups excluding carboxylic acids is 1. The zero-order valence-corrected chi connectivity index (χ0v) is 16.5. The normalized spacial score (nSPS) is 14.9. The van der Waals surface area contributed by atoms with Crippen LogP contribution >= 0.6 is 11.6 Å². The maximum absolute atomic E-state index is 12.7. The Morgan fingerprint density at radius 3 is 2.64 bits per heavy atom. The van der Waals surface area contributed by atoms with Crippen LogP contribution in [-0.4, -0.2) is 21.5 Å². The molecule has 0 spiro atoms. The van der Waals surface area contributed by atoms with Crippen molar-refractivity contribution in [1.82, 2.24) is 14.9 Å². The van der Waals surface area contributed by atoms with Crippen LogP contribution in [0.2, 0.25) is 5.02 Å². The molecule has 1 aromatic heterocycles. The van der Waals surface area contributed by atoms with Crippen LogP contribution in [0.3, 0.4) is 0 Å². The Hall–Kier alpha value is -2.53. The van der Waals surface area contributed by atoms with Gasteiger partial charge in [0.05, 0.1) is 11.0 Å². The number of hydrogen-bond acceptors (Lipinski definition) is 3. The lowest BCUT2D eigenvalue weighted by atomic mass is 9.95. The summed E-state index contributed by atoms with van der Waals surface area (Å²) in [4.78, 5) is 17.3. The van der Waals surface area contributed by atoms with Crippen molar-refractivity contribution in [3.63, 3.8) is 0 Å². The molecule has 0 unspecified atom stereocenters. The van der Waals surface area contributed by atoms with E-state index in [2.05, 4.69) is 10.3 Å². The fourth-order valence-electron chi connectivity index (χ4n) is 3.75. The molecule has 1 saturated carbocycles. The minimum atomic E-state index is 0.0304. The van der Waals surface area contributed by atoms with Gasteiger partial charge in [-0.2, -0.15) is 0 Å². The van der Waals surface area contributed by atoms with E-state index in [1.807, 2.05) is 41.0 Å². The average Bonchev–Trinajstić information content (AvgIpc) is 3.06. The van der Waals surface area contributed by atoms with Crippen molar-refractivity contribution in [2.45, 2.75) is 51.3 Å². The lowest BCUT2D eigenvalue weighted by Gasteiger charge is -2.23. The summed E-state index contributed by atoms with van der Waals surface area (Å²) < 4.78 is 7.82. The highest BCUT2D eigenvalue weighted by Crippen LogP contribution is 2.21. The lowest BCUT2D eigenvalue weighted by Crippen LogP contribution is -2.38. The van der Waals surface area contributed by atoms with Gasteiger partial charge in [-0.1, -0.05) is 43.0 Å². The predicted molar refractivity (Wildman–Crippen MR) is 111 cm³/mol. The van der Waals surface area contributed by atoms with Gasteiger partial charge in [0.1, 0.15) is 24.7 Å². The van der Waals surface area contributed by atoms with Crippen LogP contribution in [0.1, 0.15) is 37.9 Å². The third kappa shape index (κ3) is 4.47. The van der Waals surface area contributed by atoms with Crippen LogP contribution < -0.4 is 10.1 Å². The number of para-hydroxylation sites is 2. The fourth-order valence-corrected chi connectivity index (χ4v) is 3.88. The first-order valence-corrected chi connectivity index (χ1v) is 10.2. The van der Waals surface area contributed by atoms with Crippen LogP contribution in [0.5, 0.6) is 5.75 Å². The lowest BCUT2D eigenvalue weighted by molar-refractivity contribution is -0.122. The highest BCUT2D eigenvalue weighted by Gasteiger charge is 2.18. The number of carbonyl (C=O) groups is 1. The predicted octanol–water partition coefficient (Wildman–Crippen LogP) is 4.72. The van der Waals surface area contributed by atoms with E-state index in [1.54, 1.807) is 12.1 Å². The molecule has 28 heavy (non-hydrogen) atoms. The summed E-state index contributed by atoms with van der Waals surface area (Å²) in [6.45, 7) is 0.531. The summed E-state index contributed by atoms with van der Waals surface area (Å²) >= 11 is 5.93. The van der Waals surface area contributed by atoms with Crippen molar-refractivity contribution in [1.29, 1.82) is 0 Å². The molecule has 0 saturated heterocycles. The van der Waals surface area contributed by atoms with E-state index in [0.717, 1.165) is 35.4 Å². The minimum Gasteiger partial charge on any atom is -0.486 e. The number of nitrogens with one attached hydrogen (secondary N) is 1. The molecule has 146 valence electrons. The Kier molecular flexibility index (Phi) is 5.81. The van der Waals surface area contributed by atoms with E-state index in [9.17, 15) is 4.79 Å². The number of aromatic nitrogens is 2. The maximum Gasteiger partial charge on any atom is 0.240 e. The van der Waals surface area contributed by atoms with E-state index in [-0.39, 0.29) is 19.1 Å². The molecular formula is C22H24ClN3O2. The molecule has 5 nitrogen and oxygen atoms in total. The second kappa shape index (κ2) is 8.65. The number of nitrogens with zero attached hydrogens (tertiary/aromatic N) is 2. The molecule has 1 heterocycles. The van der Waals surface area contributed by atoms with Crippen molar-refractivity contribution in [2.75, 3.05) is 0 Å². The zero-order valence-electron chi connectivity index (χ0n) is 15.7. The highest BCUT2D eigenvalue weighted by molar-refractivity contribution is 6.30. The van der Waals surface area contributed by atoms with Crippen LogP contribution in [0.25, 0.3) is 11.0 Å². The van der Waals surface area contributed by atoms with Gasteiger partial charge in [-0.15, -0.1) is 0 Å². The molecule has 2 aromatic carbocycles. The summed E-state index contributed by atoms with van der Waals surface area (Å²) in [6, 6.07) is 15.4. The SMILES string of the molecule is O=C(Cn1c(COc2ccc(Cl)cc2)nc2ccccc21)NC1CCCCC1. The van der Waals surface area contributed by atoms with E-state index in [0.29, 0.717) is 11.1 Å². The number of rotatable bonds is 6. The highest BCUT2D eigenvalue weighted by atomic mass is 35.5. The molecule has 4 rings (SSSR count). The summed E-state index contributed by atoms with van der Waals surface area (Å²) in [5, 5.41) is 3.85. The van der Waals surface area contributed by atoms with Gasteiger partial charge in [-0.05, 0) is 49.2 Å². The van der Waals surface area contributed by atoms with E-state index in [4.69, 9.17) is 16.3 Å². The summed E-state index contributed by atoms with van der Waals surface area (Å²) in [7, 11) is 0. The molecule has 0 radical (unpaired) electrons. The van der Waals surface area contributed by atoms with Gasteiger partial charge in [0.2, 0.25) is 5.91 Å². The Morgan fingerprint density at radius 2 is 1.86 bits per heavy atom. The number of hydrogen-bond donors (Lipinski definition) is 1. The molecule has 0 atom stereocenters. The van der Waals surface area contributed by atoms with E-state index in [1.165, 1.54) is 19.3 Å². The molecule has 1 aliphatic rings. The zero-order chi connectivity index (χ0) is 19.3.